The summed E-state index contributed by atoms with van der Waals surface area (Å²) >= 11 is 0. The van der Waals surface area contributed by atoms with Gasteiger partial charge in [-0.25, -0.2) is 0 Å². The summed E-state index contributed by atoms with van der Waals surface area (Å²) in [6.45, 7) is 4.75. The lowest BCUT2D eigenvalue weighted by molar-refractivity contribution is -0.137. The van der Waals surface area contributed by atoms with Gasteiger partial charge in [0.15, 0.2) is 0 Å². The van der Waals surface area contributed by atoms with Crippen LogP contribution in [0.2, 0.25) is 0 Å². The molecule has 0 saturated carbocycles. The summed E-state index contributed by atoms with van der Waals surface area (Å²) in [6, 6.07) is 3.86. The zero-order valence-corrected chi connectivity index (χ0v) is 13.0. The quantitative estimate of drug-likeness (QED) is 0.537. The Hall–Kier alpha value is -1.19. The highest BCUT2D eigenvalue weighted by molar-refractivity contribution is 5.53. The van der Waals surface area contributed by atoms with E-state index in [4.69, 9.17) is 0 Å². The Bertz CT molecular complexity index is 413. The molecule has 1 nitrogen and oxygen atoms in total. The van der Waals surface area contributed by atoms with E-state index in [0.29, 0.717) is 5.69 Å². The van der Waals surface area contributed by atoms with E-state index < -0.39 is 11.7 Å². The van der Waals surface area contributed by atoms with Crippen LogP contribution in [0, 0.1) is 6.92 Å². The SMILES string of the molecule is CCCCCCCCCNc1cc(C(F)(F)F)ccc1C. The smallest absolute Gasteiger partial charge is 0.385 e. The molecule has 0 amide bonds. The minimum absolute atomic E-state index is 0.588. The Balaban J connectivity index is 2.32. The molecule has 0 fully saturated rings. The Morgan fingerprint density at radius 1 is 0.952 bits per heavy atom. The third-order valence-corrected chi connectivity index (χ3v) is 3.66. The number of unbranched alkanes of at least 4 members (excludes halogenated alkanes) is 6. The van der Waals surface area contributed by atoms with Gasteiger partial charge in [-0.3, -0.25) is 0 Å². The van der Waals surface area contributed by atoms with Crippen molar-refractivity contribution >= 4 is 5.69 Å². The maximum atomic E-state index is 12.7. The molecule has 21 heavy (non-hydrogen) atoms. The number of hydrogen-bond donors (Lipinski definition) is 1. The highest BCUT2D eigenvalue weighted by Gasteiger charge is 2.30. The molecule has 1 rings (SSSR count). The van der Waals surface area contributed by atoms with Crippen molar-refractivity contribution in [2.75, 3.05) is 11.9 Å². The van der Waals surface area contributed by atoms with E-state index in [1.807, 2.05) is 6.92 Å². The van der Waals surface area contributed by atoms with Crippen LogP contribution in [-0.4, -0.2) is 6.54 Å². The molecule has 1 N–H and O–H groups in total. The van der Waals surface area contributed by atoms with Crippen molar-refractivity contribution in [3.05, 3.63) is 29.3 Å². The van der Waals surface area contributed by atoms with Gasteiger partial charge in [0.25, 0.3) is 0 Å². The van der Waals surface area contributed by atoms with Gasteiger partial charge < -0.3 is 5.32 Å². The van der Waals surface area contributed by atoms with Crippen LogP contribution in [0.3, 0.4) is 0 Å². The molecule has 120 valence electrons. The van der Waals surface area contributed by atoms with E-state index in [1.165, 1.54) is 44.2 Å². The van der Waals surface area contributed by atoms with Crippen molar-refractivity contribution in [3.63, 3.8) is 0 Å². The molecule has 1 aromatic rings. The van der Waals surface area contributed by atoms with Crippen molar-refractivity contribution in [3.8, 4) is 0 Å². The van der Waals surface area contributed by atoms with Crippen LogP contribution in [0.15, 0.2) is 18.2 Å². The number of nitrogens with one attached hydrogen (secondary N) is 1. The van der Waals surface area contributed by atoms with Crippen molar-refractivity contribution in [2.24, 2.45) is 0 Å². The largest absolute Gasteiger partial charge is 0.416 e. The third kappa shape index (κ3) is 6.87. The van der Waals surface area contributed by atoms with E-state index in [0.717, 1.165) is 31.0 Å². The van der Waals surface area contributed by atoms with Crippen LogP contribution in [-0.2, 0) is 6.18 Å². The second kappa shape index (κ2) is 8.96. The van der Waals surface area contributed by atoms with E-state index in [2.05, 4.69) is 12.2 Å². The van der Waals surface area contributed by atoms with Crippen molar-refractivity contribution in [1.82, 2.24) is 0 Å². The van der Waals surface area contributed by atoms with Crippen LogP contribution < -0.4 is 5.32 Å². The first-order chi connectivity index (χ1) is 9.95. The summed E-state index contributed by atoms with van der Waals surface area (Å²) in [7, 11) is 0. The predicted octanol–water partition coefficient (Wildman–Crippen LogP) is 6.18. The maximum absolute atomic E-state index is 12.7. The molecule has 0 unspecified atom stereocenters. The van der Waals surface area contributed by atoms with Gasteiger partial charge >= 0.3 is 6.18 Å². The van der Waals surface area contributed by atoms with Crippen LogP contribution in [0.25, 0.3) is 0 Å². The number of halogens is 3. The fourth-order valence-electron chi connectivity index (χ4n) is 2.29. The molecule has 0 bridgehead atoms. The van der Waals surface area contributed by atoms with Crippen LogP contribution in [0.5, 0.6) is 0 Å². The highest BCUT2D eigenvalue weighted by Crippen LogP contribution is 2.32. The third-order valence-electron chi connectivity index (χ3n) is 3.66. The summed E-state index contributed by atoms with van der Waals surface area (Å²) in [5, 5.41) is 3.13. The Labute approximate surface area is 125 Å². The Morgan fingerprint density at radius 2 is 1.57 bits per heavy atom. The second-order valence-electron chi connectivity index (χ2n) is 5.58. The molecule has 0 aliphatic carbocycles. The lowest BCUT2D eigenvalue weighted by atomic mass is 10.1. The molecule has 0 spiro atoms. The monoisotopic (exact) mass is 301 g/mol. The zero-order valence-electron chi connectivity index (χ0n) is 13.0. The molecular formula is C17H26F3N. The number of anilines is 1. The average molecular weight is 301 g/mol. The van der Waals surface area contributed by atoms with Gasteiger partial charge in [0, 0.05) is 12.2 Å². The van der Waals surface area contributed by atoms with E-state index in [-0.39, 0.29) is 0 Å². The minimum atomic E-state index is -4.27. The summed E-state index contributed by atoms with van der Waals surface area (Å²) in [5.74, 6) is 0. The molecule has 0 heterocycles. The Kier molecular flexibility index (Phi) is 7.62. The first-order valence-electron chi connectivity index (χ1n) is 7.87. The normalized spacial score (nSPS) is 11.7. The summed E-state index contributed by atoms with van der Waals surface area (Å²) in [5.41, 5.74) is 0.858. The number of rotatable bonds is 9. The fraction of sp³-hybridized carbons (Fsp3) is 0.647. The number of hydrogen-bond acceptors (Lipinski definition) is 1. The van der Waals surface area contributed by atoms with Gasteiger partial charge in [-0.1, -0.05) is 51.5 Å². The van der Waals surface area contributed by atoms with E-state index in [9.17, 15) is 13.2 Å². The average Bonchev–Trinajstić information content (AvgIpc) is 2.42. The van der Waals surface area contributed by atoms with Gasteiger partial charge in [-0.05, 0) is 31.0 Å². The number of alkyl halides is 3. The molecule has 0 atom stereocenters. The molecule has 1 aromatic carbocycles. The van der Waals surface area contributed by atoms with Crippen molar-refractivity contribution in [2.45, 2.75) is 65.0 Å². The highest BCUT2D eigenvalue weighted by atomic mass is 19.4. The van der Waals surface area contributed by atoms with Crippen molar-refractivity contribution < 1.29 is 13.2 Å². The number of aryl methyl sites for hydroxylation is 1. The summed E-state index contributed by atoms with van der Waals surface area (Å²) in [4.78, 5) is 0. The zero-order chi connectivity index (χ0) is 15.7. The van der Waals surface area contributed by atoms with Gasteiger partial charge in [-0.2, -0.15) is 13.2 Å². The minimum Gasteiger partial charge on any atom is -0.385 e. The first-order valence-corrected chi connectivity index (χ1v) is 7.87. The number of benzene rings is 1. The standard InChI is InChI=1S/C17H26F3N/c1-3-4-5-6-7-8-9-12-21-16-13-15(17(18,19)20)11-10-14(16)2/h10-11,13,21H,3-9,12H2,1-2H3. The van der Waals surface area contributed by atoms with Crippen LogP contribution in [0.4, 0.5) is 18.9 Å². The molecule has 0 radical (unpaired) electrons. The van der Waals surface area contributed by atoms with Gasteiger partial charge in [0.1, 0.15) is 0 Å². The molecule has 4 heteroatoms. The second-order valence-corrected chi connectivity index (χ2v) is 5.58. The molecular weight excluding hydrogens is 275 g/mol. The lowest BCUT2D eigenvalue weighted by Crippen LogP contribution is -2.08. The summed E-state index contributed by atoms with van der Waals surface area (Å²) < 4.78 is 38.0. The van der Waals surface area contributed by atoms with Gasteiger partial charge in [0.2, 0.25) is 0 Å². The molecule has 0 aliphatic rings. The lowest BCUT2D eigenvalue weighted by Gasteiger charge is -2.13. The predicted molar refractivity (Wildman–Crippen MR) is 82.7 cm³/mol. The molecule has 0 aromatic heterocycles. The van der Waals surface area contributed by atoms with Crippen LogP contribution in [0.1, 0.15) is 63.0 Å². The molecule has 0 aliphatic heterocycles. The van der Waals surface area contributed by atoms with E-state index >= 15 is 0 Å². The first kappa shape index (κ1) is 17.9. The fourth-order valence-corrected chi connectivity index (χ4v) is 2.29. The van der Waals surface area contributed by atoms with Gasteiger partial charge in [-0.15, -0.1) is 0 Å². The maximum Gasteiger partial charge on any atom is 0.416 e. The molecule has 0 saturated heterocycles. The Morgan fingerprint density at radius 3 is 2.19 bits per heavy atom. The van der Waals surface area contributed by atoms with E-state index in [1.54, 1.807) is 0 Å². The topological polar surface area (TPSA) is 12.0 Å². The summed E-state index contributed by atoms with van der Waals surface area (Å²) in [6.07, 6.45) is 4.16. The van der Waals surface area contributed by atoms with Gasteiger partial charge in [0.05, 0.1) is 5.56 Å². The van der Waals surface area contributed by atoms with Crippen molar-refractivity contribution in [1.29, 1.82) is 0 Å². The van der Waals surface area contributed by atoms with Crippen LogP contribution >= 0.6 is 0 Å².